The van der Waals surface area contributed by atoms with Crippen molar-refractivity contribution in [3.8, 4) is 0 Å². The van der Waals surface area contributed by atoms with Crippen LogP contribution in [0, 0.1) is 5.92 Å². The minimum absolute atomic E-state index is 0.153. The summed E-state index contributed by atoms with van der Waals surface area (Å²) in [5, 5.41) is 4.23. The van der Waals surface area contributed by atoms with E-state index < -0.39 is 0 Å². The Kier molecular flexibility index (Phi) is 3.48. The minimum Gasteiger partial charge on any atom is -0.464 e. The Morgan fingerprint density at radius 1 is 1.23 bits per heavy atom. The highest BCUT2D eigenvalue weighted by molar-refractivity contribution is 5.88. The second kappa shape index (κ2) is 5.63. The van der Waals surface area contributed by atoms with Gasteiger partial charge in [-0.05, 0) is 44.2 Å². The van der Waals surface area contributed by atoms with Gasteiger partial charge in [-0.3, -0.25) is 4.79 Å². The van der Waals surface area contributed by atoms with Crippen LogP contribution in [-0.4, -0.2) is 30.0 Å². The average Bonchev–Trinajstić information content (AvgIpc) is 2.99. The number of anilines is 1. The lowest BCUT2D eigenvalue weighted by Gasteiger charge is -2.34. The Balaban J connectivity index is 1.41. The molecule has 2 aliphatic rings. The number of carbonyl (C=O) groups excluding carboxylic acids is 1. The van der Waals surface area contributed by atoms with Gasteiger partial charge in [0.25, 0.3) is 0 Å². The summed E-state index contributed by atoms with van der Waals surface area (Å²) in [6, 6.07) is 4.29. The van der Waals surface area contributed by atoms with E-state index in [-0.39, 0.29) is 11.8 Å². The molecule has 1 aliphatic heterocycles. The molecule has 2 aromatic heterocycles. The van der Waals surface area contributed by atoms with E-state index in [1.807, 2.05) is 12.1 Å². The van der Waals surface area contributed by atoms with Crippen LogP contribution < -0.4 is 10.2 Å². The zero-order chi connectivity index (χ0) is 14.9. The standard InChI is InChI=1S/C17H21N3O2/c21-17(19-13-2-1-3-13)12-5-9-20(10-6-12)16-14-7-11-22-15(14)4-8-18-16/h4,7-8,11-13H,1-3,5-6,9-10H2,(H,19,21). The van der Waals surface area contributed by atoms with Crippen molar-refractivity contribution in [3.05, 3.63) is 24.6 Å². The monoisotopic (exact) mass is 299 g/mol. The van der Waals surface area contributed by atoms with Gasteiger partial charge >= 0.3 is 0 Å². The highest BCUT2D eigenvalue weighted by Crippen LogP contribution is 2.29. The number of pyridine rings is 1. The van der Waals surface area contributed by atoms with E-state index in [1.165, 1.54) is 6.42 Å². The first-order chi connectivity index (χ1) is 10.8. The molecule has 1 saturated carbocycles. The Morgan fingerprint density at radius 2 is 2.05 bits per heavy atom. The van der Waals surface area contributed by atoms with Crippen LogP contribution in [-0.2, 0) is 4.79 Å². The van der Waals surface area contributed by atoms with Gasteiger partial charge in [0.15, 0.2) is 0 Å². The summed E-state index contributed by atoms with van der Waals surface area (Å²) in [5.74, 6) is 1.38. The predicted molar refractivity (Wildman–Crippen MR) is 84.7 cm³/mol. The van der Waals surface area contributed by atoms with Crippen LogP contribution in [0.5, 0.6) is 0 Å². The summed E-state index contributed by atoms with van der Waals surface area (Å²) in [7, 11) is 0. The third kappa shape index (κ3) is 2.45. The molecule has 0 radical (unpaired) electrons. The number of hydrogen-bond acceptors (Lipinski definition) is 4. The molecule has 4 rings (SSSR count). The third-order valence-corrected chi connectivity index (χ3v) is 4.98. The van der Waals surface area contributed by atoms with Crippen LogP contribution in [0.2, 0.25) is 0 Å². The number of aromatic nitrogens is 1. The number of amides is 1. The van der Waals surface area contributed by atoms with Crippen LogP contribution >= 0.6 is 0 Å². The minimum atomic E-state index is 0.153. The second-order valence-corrected chi connectivity index (χ2v) is 6.36. The maximum atomic E-state index is 12.3. The van der Waals surface area contributed by atoms with Crippen LogP contribution in [0.3, 0.4) is 0 Å². The lowest BCUT2D eigenvalue weighted by molar-refractivity contribution is -0.126. The molecular weight excluding hydrogens is 278 g/mol. The SMILES string of the molecule is O=C(NC1CCC1)C1CCN(c2nccc3occc23)CC1. The molecule has 116 valence electrons. The van der Waals surface area contributed by atoms with Crippen molar-refractivity contribution in [1.82, 2.24) is 10.3 Å². The van der Waals surface area contributed by atoms with Crippen molar-refractivity contribution in [1.29, 1.82) is 0 Å². The van der Waals surface area contributed by atoms with Crippen molar-refractivity contribution in [2.24, 2.45) is 5.92 Å². The van der Waals surface area contributed by atoms with Gasteiger partial charge < -0.3 is 14.6 Å². The van der Waals surface area contributed by atoms with Crippen molar-refractivity contribution >= 4 is 22.7 Å². The van der Waals surface area contributed by atoms with E-state index in [0.29, 0.717) is 6.04 Å². The fourth-order valence-electron chi connectivity index (χ4n) is 3.36. The van der Waals surface area contributed by atoms with Crippen molar-refractivity contribution in [3.63, 3.8) is 0 Å². The van der Waals surface area contributed by atoms with Gasteiger partial charge in [-0.1, -0.05) is 0 Å². The number of hydrogen-bond donors (Lipinski definition) is 1. The number of furan rings is 1. The quantitative estimate of drug-likeness (QED) is 0.946. The molecule has 5 nitrogen and oxygen atoms in total. The molecule has 3 heterocycles. The molecule has 0 unspecified atom stereocenters. The zero-order valence-electron chi connectivity index (χ0n) is 12.6. The normalized spacial score (nSPS) is 20.1. The van der Waals surface area contributed by atoms with Gasteiger partial charge in [-0.15, -0.1) is 0 Å². The van der Waals surface area contributed by atoms with E-state index in [9.17, 15) is 4.79 Å². The topological polar surface area (TPSA) is 58.4 Å². The van der Waals surface area contributed by atoms with Gasteiger partial charge in [0.2, 0.25) is 5.91 Å². The zero-order valence-corrected chi connectivity index (χ0v) is 12.6. The first-order valence-corrected chi connectivity index (χ1v) is 8.19. The molecule has 1 N–H and O–H groups in total. The smallest absolute Gasteiger partial charge is 0.223 e. The number of carbonyl (C=O) groups is 1. The van der Waals surface area contributed by atoms with Gasteiger partial charge in [0.05, 0.1) is 11.6 Å². The summed E-state index contributed by atoms with van der Waals surface area (Å²) in [5.41, 5.74) is 0.870. The Bertz CT molecular complexity index is 669. The highest BCUT2D eigenvalue weighted by Gasteiger charge is 2.29. The summed E-state index contributed by atoms with van der Waals surface area (Å²) < 4.78 is 5.44. The van der Waals surface area contributed by atoms with E-state index in [2.05, 4.69) is 15.2 Å². The first kappa shape index (κ1) is 13.6. The van der Waals surface area contributed by atoms with Gasteiger partial charge in [0.1, 0.15) is 11.4 Å². The molecule has 0 spiro atoms. The van der Waals surface area contributed by atoms with E-state index in [4.69, 9.17) is 4.42 Å². The van der Waals surface area contributed by atoms with Crippen molar-refractivity contribution in [2.45, 2.75) is 38.1 Å². The lowest BCUT2D eigenvalue weighted by atomic mass is 9.90. The number of nitrogens with zero attached hydrogens (tertiary/aromatic N) is 2. The van der Waals surface area contributed by atoms with Crippen LogP contribution in [0.4, 0.5) is 5.82 Å². The Labute approximate surface area is 129 Å². The molecule has 22 heavy (non-hydrogen) atoms. The first-order valence-electron chi connectivity index (χ1n) is 8.19. The maximum Gasteiger partial charge on any atom is 0.223 e. The van der Waals surface area contributed by atoms with Gasteiger partial charge in [-0.2, -0.15) is 0 Å². The molecule has 0 aromatic carbocycles. The summed E-state index contributed by atoms with van der Waals surface area (Å²) in [6.45, 7) is 1.75. The molecule has 0 atom stereocenters. The van der Waals surface area contributed by atoms with Crippen LogP contribution in [0.15, 0.2) is 29.0 Å². The second-order valence-electron chi connectivity index (χ2n) is 6.36. The fourth-order valence-corrected chi connectivity index (χ4v) is 3.36. The molecule has 2 aromatic rings. The maximum absolute atomic E-state index is 12.3. The van der Waals surface area contributed by atoms with E-state index in [1.54, 1.807) is 12.5 Å². The highest BCUT2D eigenvalue weighted by atomic mass is 16.3. The lowest BCUT2D eigenvalue weighted by Crippen LogP contribution is -2.46. The molecule has 5 heteroatoms. The molecular formula is C17H21N3O2. The van der Waals surface area contributed by atoms with Crippen molar-refractivity contribution < 1.29 is 9.21 Å². The number of fused-ring (bicyclic) bond motifs is 1. The largest absolute Gasteiger partial charge is 0.464 e. The van der Waals surface area contributed by atoms with Crippen LogP contribution in [0.1, 0.15) is 32.1 Å². The Hall–Kier alpha value is -2.04. The predicted octanol–water partition coefficient (Wildman–Crippen LogP) is 2.71. The summed E-state index contributed by atoms with van der Waals surface area (Å²) >= 11 is 0. The summed E-state index contributed by atoms with van der Waals surface area (Å²) in [4.78, 5) is 19.0. The van der Waals surface area contributed by atoms with E-state index >= 15 is 0 Å². The molecule has 1 amide bonds. The third-order valence-electron chi connectivity index (χ3n) is 4.98. The van der Waals surface area contributed by atoms with Crippen molar-refractivity contribution in [2.75, 3.05) is 18.0 Å². The van der Waals surface area contributed by atoms with E-state index in [0.717, 1.165) is 55.6 Å². The van der Waals surface area contributed by atoms with Crippen LogP contribution in [0.25, 0.3) is 11.0 Å². The fraction of sp³-hybridized carbons (Fsp3) is 0.529. The van der Waals surface area contributed by atoms with Gasteiger partial charge in [-0.25, -0.2) is 4.98 Å². The molecule has 0 bridgehead atoms. The molecule has 2 fully saturated rings. The molecule has 1 aliphatic carbocycles. The Morgan fingerprint density at radius 3 is 2.77 bits per heavy atom. The number of piperidine rings is 1. The average molecular weight is 299 g/mol. The number of rotatable bonds is 3. The van der Waals surface area contributed by atoms with Gasteiger partial charge in [0, 0.05) is 31.2 Å². The number of nitrogens with one attached hydrogen (secondary N) is 1. The molecule has 1 saturated heterocycles. The summed E-state index contributed by atoms with van der Waals surface area (Å²) in [6.07, 6.45) is 8.84.